The highest BCUT2D eigenvalue weighted by molar-refractivity contribution is 7.15. The number of anilines is 1. The molecule has 1 aliphatic rings. The van der Waals surface area contributed by atoms with Crippen LogP contribution < -0.4 is 5.73 Å². The van der Waals surface area contributed by atoms with Crippen molar-refractivity contribution in [2.45, 2.75) is 38.8 Å². The van der Waals surface area contributed by atoms with Gasteiger partial charge in [0, 0.05) is 41.5 Å². The van der Waals surface area contributed by atoms with Crippen LogP contribution in [0.1, 0.15) is 42.5 Å². The number of thiazole rings is 2. The number of morpholine rings is 1. The number of nitrogens with zero attached hydrogens (tertiary/aromatic N) is 3. The third kappa shape index (κ3) is 3.65. The number of rotatable bonds is 3. The van der Waals surface area contributed by atoms with Gasteiger partial charge in [0.1, 0.15) is 11.1 Å². The predicted molar refractivity (Wildman–Crippen MR) is 91.3 cm³/mol. The van der Waals surface area contributed by atoms with Gasteiger partial charge >= 0.3 is 0 Å². The molecule has 22 heavy (non-hydrogen) atoms. The van der Waals surface area contributed by atoms with E-state index in [9.17, 15) is 0 Å². The van der Waals surface area contributed by atoms with Crippen LogP contribution in [0.15, 0.2) is 11.6 Å². The summed E-state index contributed by atoms with van der Waals surface area (Å²) in [6.07, 6.45) is 1.94. The van der Waals surface area contributed by atoms with E-state index >= 15 is 0 Å². The quantitative estimate of drug-likeness (QED) is 0.932. The highest BCUT2D eigenvalue weighted by Crippen LogP contribution is 2.30. The first kappa shape index (κ1) is 15.9. The molecule has 5 nitrogen and oxygen atoms in total. The predicted octanol–water partition coefficient (Wildman–Crippen LogP) is 3.05. The second kappa shape index (κ2) is 6.23. The molecule has 1 aliphatic heterocycles. The minimum atomic E-state index is 0.0696. The van der Waals surface area contributed by atoms with Crippen molar-refractivity contribution in [3.63, 3.8) is 0 Å². The zero-order valence-electron chi connectivity index (χ0n) is 13.2. The average Bonchev–Trinajstić information content (AvgIpc) is 3.08. The van der Waals surface area contributed by atoms with Gasteiger partial charge in [-0.2, -0.15) is 0 Å². The van der Waals surface area contributed by atoms with Gasteiger partial charge in [0.25, 0.3) is 0 Å². The molecule has 3 heterocycles. The lowest BCUT2D eigenvalue weighted by Crippen LogP contribution is -2.37. The molecular weight excluding hydrogens is 316 g/mol. The van der Waals surface area contributed by atoms with Crippen LogP contribution >= 0.6 is 22.7 Å². The summed E-state index contributed by atoms with van der Waals surface area (Å²) in [5.74, 6) is 0. The van der Waals surface area contributed by atoms with Crippen LogP contribution in [0.5, 0.6) is 0 Å². The average molecular weight is 339 g/mol. The summed E-state index contributed by atoms with van der Waals surface area (Å²) >= 11 is 3.26. The lowest BCUT2D eigenvalue weighted by Gasteiger charge is -2.31. The summed E-state index contributed by atoms with van der Waals surface area (Å²) in [5, 5.41) is 3.87. The molecule has 0 radical (unpaired) electrons. The van der Waals surface area contributed by atoms with E-state index in [1.807, 2.05) is 6.20 Å². The molecule has 0 bridgehead atoms. The van der Waals surface area contributed by atoms with E-state index in [1.165, 1.54) is 4.88 Å². The van der Waals surface area contributed by atoms with E-state index < -0.39 is 0 Å². The molecule has 1 atom stereocenters. The maximum absolute atomic E-state index is 5.93. The molecule has 0 aliphatic carbocycles. The molecule has 2 aromatic rings. The van der Waals surface area contributed by atoms with Gasteiger partial charge < -0.3 is 10.5 Å². The fourth-order valence-corrected chi connectivity index (χ4v) is 4.20. The van der Waals surface area contributed by atoms with Crippen molar-refractivity contribution in [1.29, 1.82) is 0 Å². The van der Waals surface area contributed by atoms with E-state index in [4.69, 9.17) is 15.5 Å². The fraction of sp³-hybridized carbons (Fsp3) is 0.600. The van der Waals surface area contributed by atoms with E-state index in [-0.39, 0.29) is 11.5 Å². The van der Waals surface area contributed by atoms with Crippen LogP contribution in [-0.2, 0) is 16.7 Å². The van der Waals surface area contributed by atoms with E-state index in [0.717, 1.165) is 36.9 Å². The Kier molecular flexibility index (Phi) is 4.49. The van der Waals surface area contributed by atoms with Crippen molar-refractivity contribution in [2.75, 3.05) is 25.4 Å². The molecule has 2 N–H and O–H groups in total. The molecule has 1 unspecified atom stereocenters. The molecule has 0 amide bonds. The summed E-state index contributed by atoms with van der Waals surface area (Å²) in [7, 11) is 0. The first-order valence-corrected chi connectivity index (χ1v) is 9.11. The lowest BCUT2D eigenvalue weighted by molar-refractivity contribution is -0.0328. The van der Waals surface area contributed by atoms with Crippen molar-refractivity contribution in [2.24, 2.45) is 0 Å². The van der Waals surface area contributed by atoms with Crippen LogP contribution in [0, 0.1) is 0 Å². The second-order valence-corrected chi connectivity index (χ2v) is 8.62. The Morgan fingerprint density at radius 1 is 1.45 bits per heavy atom. The maximum atomic E-state index is 5.93. The van der Waals surface area contributed by atoms with Gasteiger partial charge in [-0.15, -0.1) is 22.7 Å². The number of nitrogen functional groups attached to an aromatic ring is 1. The van der Waals surface area contributed by atoms with Crippen LogP contribution in [-0.4, -0.2) is 34.6 Å². The largest absolute Gasteiger partial charge is 0.375 e. The Hall–Kier alpha value is -1.02. The van der Waals surface area contributed by atoms with Crippen LogP contribution in [0.3, 0.4) is 0 Å². The van der Waals surface area contributed by atoms with Gasteiger partial charge in [0.2, 0.25) is 0 Å². The highest BCUT2D eigenvalue weighted by atomic mass is 32.1. The van der Waals surface area contributed by atoms with Crippen LogP contribution in [0.2, 0.25) is 0 Å². The van der Waals surface area contributed by atoms with Crippen LogP contribution in [0.25, 0.3) is 0 Å². The summed E-state index contributed by atoms with van der Waals surface area (Å²) in [4.78, 5) is 12.5. The molecule has 0 aromatic carbocycles. The molecule has 2 aromatic heterocycles. The van der Waals surface area contributed by atoms with Crippen molar-refractivity contribution in [3.05, 3.63) is 27.2 Å². The first-order chi connectivity index (χ1) is 10.4. The third-order valence-corrected chi connectivity index (χ3v) is 5.42. The molecule has 1 fully saturated rings. The standard InChI is InChI=1S/C15H22N4OS2/c1-15(2,3)12-9-21-13(18-12)11-8-19(4-5-20-11)7-10-6-17-14(16)22-10/h6,9,11H,4-5,7-8H2,1-3H3,(H2,16,17). The van der Waals surface area contributed by atoms with Crippen molar-refractivity contribution >= 4 is 27.8 Å². The van der Waals surface area contributed by atoms with Gasteiger partial charge in [-0.05, 0) is 0 Å². The Morgan fingerprint density at radius 2 is 2.27 bits per heavy atom. The molecule has 120 valence electrons. The summed E-state index contributed by atoms with van der Waals surface area (Å²) in [6, 6.07) is 0. The van der Waals surface area contributed by atoms with E-state index in [1.54, 1.807) is 22.7 Å². The van der Waals surface area contributed by atoms with Crippen molar-refractivity contribution in [3.8, 4) is 0 Å². The monoisotopic (exact) mass is 338 g/mol. The van der Waals surface area contributed by atoms with Gasteiger partial charge in [-0.25, -0.2) is 9.97 Å². The number of hydrogen-bond donors (Lipinski definition) is 1. The zero-order valence-corrected chi connectivity index (χ0v) is 14.8. The van der Waals surface area contributed by atoms with E-state index in [2.05, 4.69) is 36.0 Å². The molecule has 0 saturated carbocycles. The smallest absolute Gasteiger partial charge is 0.180 e. The SMILES string of the molecule is CC(C)(C)c1csc(C2CN(Cc3cnc(N)s3)CCO2)n1. The van der Waals surface area contributed by atoms with Gasteiger partial charge in [-0.3, -0.25) is 4.90 Å². The summed E-state index contributed by atoms with van der Waals surface area (Å²) in [6.45, 7) is 9.99. The van der Waals surface area contributed by atoms with Gasteiger partial charge in [0.15, 0.2) is 5.13 Å². The number of ether oxygens (including phenoxy) is 1. The second-order valence-electron chi connectivity index (χ2n) is 6.58. The molecular formula is C15H22N4OS2. The van der Waals surface area contributed by atoms with Gasteiger partial charge in [0.05, 0.1) is 12.3 Å². The summed E-state index contributed by atoms with van der Waals surface area (Å²) in [5.41, 5.74) is 6.93. The number of nitrogens with two attached hydrogens (primary N) is 1. The molecule has 3 rings (SSSR count). The van der Waals surface area contributed by atoms with Crippen LogP contribution in [0.4, 0.5) is 5.13 Å². The highest BCUT2D eigenvalue weighted by Gasteiger charge is 2.26. The Bertz CT molecular complexity index is 632. The minimum absolute atomic E-state index is 0.0696. The Labute approximate surface area is 139 Å². The molecule has 1 saturated heterocycles. The third-order valence-electron chi connectivity index (χ3n) is 3.67. The first-order valence-electron chi connectivity index (χ1n) is 7.42. The lowest BCUT2D eigenvalue weighted by atomic mass is 9.93. The molecule has 0 spiro atoms. The fourth-order valence-electron chi connectivity index (χ4n) is 2.39. The molecule has 7 heteroatoms. The Balaban J connectivity index is 1.66. The van der Waals surface area contributed by atoms with Crippen molar-refractivity contribution < 1.29 is 4.74 Å². The van der Waals surface area contributed by atoms with Crippen molar-refractivity contribution in [1.82, 2.24) is 14.9 Å². The number of aromatic nitrogens is 2. The number of hydrogen-bond acceptors (Lipinski definition) is 7. The summed E-state index contributed by atoms with van der Waals surface area (Å²) < 4.78 is 5.93. The minimum Gasteiger partial charge on any atom is -0.375 e. The maximum Gasteiger partial charge on any atom is 0.180 e. The zero-order chi connectivity index (χ0) is 15.7. The normalized spacial score (nSPS) is 20.4. The topological polar surface area (TPSA) is 64.3 Å². The van der Waals surface area contributed by atoms with Gasteiger partial charge in [-0.1, -0.05) is 20.8 Å². The van der Waals surface area contributed by atoms with E-state index in [0.29, 0.717) is 5.13 Å². The Morgan fingerprint density at radius 3 is 2.91 bits per heavy atom.